The maximum Gasteiger partial charge on any atom is 0.332 e. The fraction of sp³-hybridized carbons (Fsp3) is 0.238. The van der Waals surface area contributed by atoms with Gasteiger partial charge in [-0.2, -0.15) is 0 Å². The van der Waals surface area contributed by atoms with Gasteiger partial charge in [0, 0.05) is 5.92 Å². The van der Waals surface area contributed by atoms with Crippen LogP contribution in [0.25, 0.3) is 11.1 Å². The van der Waals surface area contributed by atoms with E-state index >= 15 is 0 Å². The molecule has 0 aromatic heterocycles. The standard InChI is InChI=1S/C21H21N3O6/c22-19(20(28)24-9-17(25)23-10-18(26)27)21(29)30-11-16-14-7-3-1-5-12(14)13-6-2-4-8-15(13)16/h1-8,16,19H,9-11,22H2,(H,23,25)(H,24,28)(H,26,27). The van der Waals surface area contributed by atoms with Crippen LogP contribution in [0.15, 0.2) is 48.5 Å². The fourth-order valence-corrected chi connectivity index (χ4v) is 3.32. The molecule has 2 aromatic rings. The van der Waals surface area contributed by atoms with Gasteiger partial charge in [0.05, 0.1) is 6.54 Å². The Hall–Kier alpha value is -3.72. The van der Waals surface area contributed by atoms with Gasteiger partial charge in [0.25, 0.3) is 0 Å². The smallest absolute Gasteiger partial charge is 0.332 e. The lowest BCUT2D eigenvalue weighted by Crippen LogP contribution is -2.49. The first-order valence-electron chi connectivity index (χ1n) is 9.25. The Morgan fingerprint density at radius 2 is 1.50 bits per heavy atom. The lowest BCUT2D eigenvalue weighted by molar-refractivity contribution is -0.149. The average molecular weight is 411 g/mol. The summed E-state index contributed by atoms with van der Waals surface area (Å²) in [6.07, 6.45) is 0. The minimum absolute atomic E-state index is 0.0208. The van der Waals surface area contributed by atoms with E-state index in [0.717, 1.165) is 22.3 Å². The highest BCUT2D eigenvalue weighted by Crippen LogP contribution is 2.44. The largest absolute Gasteiger partial charge is 0.480 e. The summed E-state index contributed by atoms with van der Waals surface area (Å²) in [5.74, 6) is -3.91. The molecule has 2 amide bonds. The van der Waals surface area contributed by atoms with Crippen molar-refractivity contribution in [1.29, 1.82) is 0 Å². The number of aliphatic carboxylic acids is 1. The normalized spacial score (nSPS) is 13.0. The maximum absolute atomic E-state index is 12.2. The average Bonchev–Trinajstić information content (AvgIpc) is 3.07. The van der Waals surface area contributed by atoms with Crippen molar-refractivity contribution in [2.24, 2.45) is 5.73 Å². The Kier molecular flexibility index (Phi) is 6.43. The highest BCUT2D eigenvalue weighted by atomic mass is 16.5. The number of carboxylic acids is 1. The minimum atomic E-state index is -1.61. The van der Waals surface area contributed by atoms with Crippen LogP contribution in [0.2, 0.25) is 0 Å². The van der Waals surface area contributed by atoms with Crippen molar-refractivity contribution >= 4 is 23.8 Å². The number of amides is 2. The van der Waals surface area contributed by atoms with Crippen molar-refractivity contribution in [2.45, 2.75) is 12.0 Å². The summed E-state index contributed by atoms with van der Waals surface area (Å²) in [7, 11) is 0. The summed E-state index contributed by atoms with van der Waals surface area (Å²) in [6, 6.07) is 14.0. The van der Waals surface area contributed by atoms with Crippen LogP contribution in [0.5, 0.6) is 0 Å². The number of carbonyl (C=O) groups excluding carboxylic acids is 3. The molecule has 156 valence electrons. The molecular weight excluding hydrogens is 390 g/mol. The molecule has 0 saturated heterocycles. The molecule has 0 aliphatic heterocycles. The van der Waals surface area contributed by atoms with E-state index in [0.29, 0.717) is 0 Å². The summed E-state index contributed by atoms with van der Waals surface area (Å²) >= 11 is 0. The number of carboxylic acid groups (broad SMARTS) is 1. The predicted octanol–water partition coefficient (Wildman–Crippen LogP) is -0.0136. The first-order valence-corrected chi connectivity index (χ1v) is 9.25. The molecule has 0 spiro atoms. The molecule has 1 atom stereocenters. The summed E-state index contributed by atoms with van der Waals surface area (Å²) < 4.78 is 5.31. The molecule has 30 heavy (non-hydrogen) atoms. The number of hydrogen-bond donors (Lipinski definition) is 4. The number of carbonyl (C=O) groups is 4. The van der Waals surface area contributed by atoms with Crippen molar-refractivity contribution in [3.63, 3.8) is 0 Å². The van der Waals surface area contributed by atoms with Gasteiger partial charge in [0.1, 0.15) is 13.2 Å². The van der Waals surface area contributed by atoms with E-state index in [1.165, 1.54) is 0 Å². The predicted molar refractivity (Wildman–Crippen MR) is 106 cm³/mol. The highest BCUT2D eigenvalue weighted by Gasteiger charge is 2.31. The molecule has 0 bridgehead atoms. The van der Waals surface area contributed by atoms with Crippen LogP contribution in [-0.2, 0) is 23.9 Å². The lowest BCUT2D eigenvalue weighted by atomic mass is 9.98. The number of ether oxygens (including phenoxy) is 1. The lowest BCUT2D eigenvalue weighted by Gasteiger charge is -2.16. The number of hydrogen-bond acceptors (Lipinski definition) is 6. The van der Waals surface area contributed by atoms with Crippen LogP contribution in [0.1, 0.15) is 17.0 Å². The number of esters is 1. The van der Waals surface area contributed by atoms with E-state index in [4.69, 9.17) is 15.6 Å². The number of benzene rings is 2. The summed E-state index contributed by atoms with van der Waals surface area (Å²) in [6.45, 7) is -1.06. The summed E-state index contributed by atoms with van der Waals surface area (Å²) in [4.78, 5) is 46.0. The van der Waals surface area contributed by atoms with Crippen LogP contribution >= 0.6 is 0 Å². The minimum Gasteiger partial charge on any atom is -0.480 e. The zero-order valence-corrected chi connectivity index (χ0v) is 16.0. The Morgan fingerprint density at radius 1 is 0.933 bits per heavy atom. The second-order valence-electron chi connectivity index (χ2n) is 6.72. The SMILES string of the molecule is NC(C(=O)NCC(=O)NCC(=O)O)C(=O)OCC1c2ccccc2-c2ccccc21. The molecule has 3 rings (SSSR count). The zero-order chi connectivity index (χ0) is 21.7. The van der Waals surface area contributed by atoms with Gasteiger partial charge >= 0.3 is 11.9 Å². The third-order valence-electron chi connectivity index (χ3n) is 4.75. The van der Waals surface area contributed by atoms with Gasteiger partial charge in [-0.05, 0) is 22.3 Å². The van der Waals surface area contributed by atoms with Crippen LogP contribution < -0.4 is 16.4 Å². The van der Waals surface area contributed by atoms with Crippen molar-refractivity contribution in [1.82, 2.24) is 10.6 Å². The number of nitrogens with two attached hydrogens (primary N) is 1. The second-order valence-corrected chi connectivity index (χ2v) is 6.72. The molecule has 0 heterocycles. The first kappa shape index (κ1) is 21.0. The molecule has 1 aliphatic carbocycles. The molecule has 2 aromatic carbocycles. The molecule has 9 heteroatoms. The Morgan fingerprint density at radius 3 is 2.07 bits per heavy atom. The van der Waals surface area contributed by atoms with Gasteiger partial charge in [0.15, 0.2) is 6.04 Å². The van der Waals surface area contributed by atoms with E-state index in [-0.39, 0.29) is 12.5 Å². The molecule has 0 saturated carbocycles. The van der Waals surface area contributed by atoms with E-state index in [2.05, 4.69) is 10.6 Å². The number of nitrogens with one attached hydrogen (secondary N) is 2. The van der Waals surface area contributed by atoms with E-state index in [9.17, 15) is 19.2 Å². The molecular formula is C21H21N3O6. The Balaban J connectivity index is 1.56. The molecule has 5 N–H and O–H groups in total. The third-order valence-corrected chi connectivity index (χ3v) is 4.75. The van der Waals surface area contributed by atoms with E-state index in [1.54, 1.807) is 0 Å². The van der Waals surface area contributed by atoms with Crippen molar-refractivity contribution in [2.75, 3.05) is 19.7 Å². The highest BCUT2D eigenvalue weighted by molar-refractivity contribution is 6.02. The van der Waals surface area contributed by atoms with Crippen molar-refractivity contribution in [3.8, 4) is 11.1 Å². The van der Waals surface area contributed by atoms with E-state index in [1.807, 2.05) is 48.5 Å². The Bertz CT molecular complexity index is 945. The van der Waals surface area contributed by atoms with Crippen LogP contribution in [0, 0.1) is 0 Å². The monoisotopic (exact) mass is 411 g/mol. The van der Waals surface area contributed by atoms with Gasteiger partial charge in [0.2, 0.25) is 11.8 Å². The summed E-state index contributed by atoms with van der Waals surface area (Å²) in [5, 5.41) is 12.7. The molecule has 9 nitrogen and oxygen atoms in total. The van der Waals surface area contributed by atoms with E-state index < -0.39 is 42.9 Å². The molecule has 0 fully saturated rings. The second kappa shape index (κ2) is 9.19. The van der Waals surface area contributed by atoms with Crippen LogP contribution in [0.4, 0.5) is 0 Å². The maximum atomic E-state index is 12.2. The zero-order valence-electron chi connectivity index (χ0n) is 16.0. The quantitative estimate of drug-likeness (QED) is 0.353. The van der Waals surface area contributed by atoms with Crippen LogP contribution in [-0.4, -0.2) is 54.6 Å². The van der Waals surface area contributed by atoms with Crippen LogP contribution in [0.3, 0.4) is 0 Å². The number of fused-ring (bicyclic) bond motifs is 3. The number of rotatable bonds is 8. The Labute approximate surface area is 172 Å². The van der Waals surface area contributed by atoms with Gasteiger partial charge in [-0.25, -0.2) is 4.79 Å². The fourth-order valence-electron chi connectivity index (χ4n) is 3.32. The first-order chi connectivity index (χ1) is 14.4. The molecule has 1 unspecified atom stereocenters. The summed E-state index contributed by atoms with van der Waals surface area (Å²) in [5.41, 5.74) is 9.83. The van der Waals surface area contributed by atoms with Gasteiger partial charge in [-0.15, -0.1) is 0 Å². The van der Waals surface area contributed by atoms with Gasteiger partial charge in [-0.3, -0.25) is 14.4 Å². The molecule has 0 radical (unpaired) electrons. The van der Waals surface area contributed by atoms with Crippen molar-refractivity contribution < 1.29 is 29.0 Å². The van der Waals surface area contributed by atoms with Crippen molar-refractivity contribution in [3.05, 3.63) is 59.7 Å². The molecule has 1 aliphatic rings. The third kappa shape index (κ3) is 4.64. The van der Waals surface area contributed by atoms with Gasteiger partial charge < -0.3 is 26.2 Å². The topological polar surface area (TPSA) is 148 Å². The van der Waals surface area contributed by atoms with Gasteiger partial charge in [-0.1, -0.05) is 48.5 Å².